The molecule has 0 radical (unpaired) electrons. The Hall–Kier alpha value is -0.300. The lowest BCUT2D eigenvalue weighted by molar-refractivity contribution is 0.0146. The number of rotatable bonds is 12. The van der Waals surface area contributed by atoms with Gasteiger partial charge in [-0.25, -0.2) is 0 Å². The SMILES string of the molecule is CC/C=C/CCC1CCC(CC[C@H]2CC[C@H](OCCCCC)CC2)CC1. The highest BCUT2D eigenvalue weighted by molar-refractivity contribution is 4.82. The van der Waals surface area contributed by atoms with Crippen LogP contribution in [0, 0.1) is 17.8 Å². The molecular weight excluding hydrogens is 316 g/mol. The first-order valence-electron chi connectivity index (χ1n) is 12.1. The molecule has 1 nitrogen and oxygen atoms in total. The molecule has 0 unspecified atom stereocenters. The van der Waals surface area contributed by atoms with E-state index in [9.17, 15) is 0 Å². The summed E-state index contributed by atoms with van der Waals surface area (Å²) in [4.78, 5) is 0. The molecule has 0 amide bonds. The summed E-state index contributed by atoms with van der Waals surface area (Å²) in [6.45, 7) is 5.50. The first kappa shape index (κ1) is 22.0. The summed E-state index contributed by atoms with van der Waals surface area (Å²) in [5, 5.41) is 0. The van der Waals surface area contributed by atoms with Crippen LogP contribution in [0.25, 0.3) is 0 Å². The van der Waals surface area contributed by atoms with Gasteiger partial charge in [-0.05, 0) is 69.1 Å². The van der Waals surface area contributed by atoms with Crippen molar-refractivity contribution in [3.05, 3.63) is 12.2 Å². The molecule has 1 heteroatoms. The van der Waals surface area contributed by atoms with Gasteiger partial charge in [0.2, 0.25) is 0 Å². The Kier molecular flexibility index (Phi) is 11.7. The summed E-state index contributed by atoms with van der Waals surface area (Å²) < 4.78 is 6.08. The van der Waals surface area contributed by atoms with E-state index in [2.05, 4.69) is 26.0 Å². The summed E-state index contributed by atoms with van der Waals surface area (Å²) in [5.74, 6) is 3.07. The minimum absolute atomic E-state index is 0.584. The van der Waals surface area contributed by atoms with Gasteiger partial charge in [0.25, 0.3) is 0 Å². The molecule has 0 heterocycles. The summed E-state index contributed by atoms with van der Waals surface area (Å²) in [6.07, 6.45) is 27.7. The molecule has 26 heavy (non-hydrogen) atoms. The second-order valence-electron chi connectivity index (χ2n) is 9.14. The number of unbranched alkanes of at least 4 members (excludes halogenated alkanes) is 2. The van der Waals surface area contributed by atoms with E-state index >= 15 is 0 Å². The van der Waals surface area contributed by atoms with Gasteiger partial charge in [-0.3, -0.25) is 0 Å². The Bertz CT molecular complexity index is 345. The van der Waals surface area contributed by atoms with Crippen LogP contribution < -0.4 is 0 Å². The van der Waals surface area contributed by atoms with E-state index in [0.717, 1.165) is 24.4 Å². The number of hydrogen-bond acceptors (Lipinski definition) is 1. The molecule has 2 saturated carbocycles. The lowest BCUT2D eigenvalue weighted by Crippen LogP contribution is -2.23. The molecule has 0 N–H and O–H groups in total. The van der Waals surface area contributed by atoms with Crippen LogP contribution in [-0.4, -0.2) is 12.7 Å². The molecule has 0 saturated heterocycles. The smallest absolute Gasteiger partial charge is 0.0575 e. The fourth-order valence-corrected chi connectivity index (χ4v) is 5.09. The van der Waals surface area contributed by atoms with Crippen molar-refractivity contribution in [3.8, 4) is 0 Å². The average molecular weight is 363 g/mol. The molecule has 0 aromatic carbocycles. The van der Waals surface area contributed by atoms with Crippen LogP contribution in [0.3, 0.4) is 0 Å². The third-order valence-corrected chi connectivity index (χ3v) is 6.99. The van der Waals surface area contributed by atoms with Crippen molar-refractivity contribution in [2.45, 2.75) is 123 Å². The fourth-order valence-electron chi connectivity index (χ4n) is 5.09. The molecule has 0 spiro atoms. The van der Waals surface area contributed by atoms with Gasteiger partial charge < -0.3 is 4.74 Å². The number of hydrogen-bond donors (Lipinski definition) is 0. The molecule has 0 aliphatic heterocycles. The van der Waals surface area contributed by atoms with Gasteiger partial charge in [-0.2, -0.15) is 0 Å². The van der Waals surface area contributed by atoms with E-state index in [1.165, 1.54) is 103 Å². The fraction of sp³-hybridized carbons (Fsp3) is 0.920. The Balaban J connectivity index is 1.48. The summed E-state index contributed by atoms with van der Waals surface area (Å²) in [6, 6.07) is 0. The van der Waals surface area contributed by atoms with Crippen LogP contribution in [0.1, 0.15) is 117 Å². The van der Waals surface area contributed by atoms with E-state index in [4.69, 9.17) is 4.74 Å². The van der Waals surface area contributed by atoms with Crippen molar-refractivity contribution < 1.29 is 4.74 Å². The van der Waals surface area contributed by atoms with Crippen LogP contribution in [0.5, 0.6) is 0 Å². The van der Waals surface area contributed by atoms with Gasteiger partial charge in [0.05, 0.1) is 6.10 Å². The van der Waals surface area contributed by atoms with Crippen LogP contribution in [-0.2, 0) is 4.74 Å². The summed E-state index contributed by atoms with van der Waals surface area (Å²) in [7, 11) is 0. The standard InChI is InChI=1S/C25H46O/c1-3-5-7-8-10-22-11-13-23(14-12-22)15-16-24-17-19-25(20-18-24)26-21-9-6-4-2/h5,7,22-25H,3-4,6,8-21H2,1-2H3/b7-5+/t22?,23?,24-,25-. The van der Waals surface area contributed by atoms with Gasteiger partial charge in [0.15, 0.2) is 0 Å². The Morgan fingerprint density at radius 1 is 0.692 bits per heavy atom. The predicted molar refractivity (Wildman–Crippen MR) is 115 cm³/mol. The Morgan fingerprint density at radius 3 is 1.85 bits per heavy atom. The van der Waals surface area contributed by atoms with Crippen molar-refractivity contribution in [1.82, 2.24) is 0 Å². The largest absolute Gasteiger partial charge is 0.378 e. The quantitative estimate of drug-likeness (QED) is 0.252. The maximum absolute atomic E-state index is 6.08. The molecule has 152 valence electrons. The first-order valence-corrected chi connectivity index (χ1v) is 12.1. The highest BCUT2D eigenvalue weighted by Crippen LogP contribution is 2.37. The van der Waals surface area contributed by atoms with Gasteiger partial charge in [0.1, 0.15) is 0 Å². The lowest BCUT2D eigenvalue weighted by Gasteiger charge is -2.32. The molecule has 2 rings (SSSR count). The van der Waals surface area contributed by atoms with Crippen LogP contribution in [0.2, 0.25) is 0 Å². The van der Waals surface area contributed by atoms with Gasteiger partial charge >= 0.3 is 0 Å². The summed E-state index contributed by atoms with van der Waals surface area (Å²) >= 11 is 0. The maximum atomic E-state index is 6.08. The van der Waals surface area contributed by atoms with Gasteiger partial charge in [-0.15, -0.1) is 0 Å². The number of ether oxygens (including phenoxy) is 1. The lowest BCUT2D eigenvalue weighted by atomic mass is 9.76. The second kappa shape index (κ2) is 13.8. The van der Waals surface area contributed by atoms with Crippen molar-refractivity contribution in [1.29, 1.82) is 0 Å². The summed E-state index contributed by atoms with van der Waals surface area (Å²) in [5.41, 5.74) is 0. The Labute approximate surface area is 164 Å². The zero-order valence-corrected chi connectivity index (χ0v) is 17.9. The second-order valence-corrected chi connectivity index (χ2v) is 9.14. The number of allylic oxidation sites excluding steroid dienone is 2. The normalized spacial score (nSPS) is 30.1. The van der Waals surface area contributed by atoms with Crippen LogP contribution in [0.4, 0.5) is 0 Å². The highest BCUT2D eigenvalue weighted by Gasteiger charge is 2.24. The topological polar surface area (TPSA) is 9.23 Å². The van der Waals surface area contributed by atoms with Gasteiger partial charge in [0, 0.05) is 6.61 Å². The van der Waals surface area contributed by atoms with E-state index in [0.29, 0.717) is 6.10 Å². The monoisotopic (exact) mass is 362 g/mol. The molecule has 2 aliphatic carbocycles. The van der Waals surface area contributed by atoms with Crippen molar-refractivity contribution >= 4 is 0 Å². The third-order valence-electron chi connectivity index (χ3n) is 6.99. The highest BCUT2D eigenvalue weighted by atomic mass is 16.5. The molecule has 2 aliphatic rings. The van der Waals surface area contributed by atoms with E-state index in [-0.39, 0.29) is 0 Å². The van der Waals surface area contributed by atoms with E-state index < -0.39 is 0 Å². The van der Waals surface area contributed by atoms with Crippen LogP contribution in [0.15, 0.2) is 12.2 Å². The minimum atomic E-state index is 0.584. The van der Waals surface area contributed by atoms with Crippen molar-refractivity contribution in [3.63, 3.8) is 0 Å². The van der Waals surface area contributed by atoms with E-state index in [1.807, 2.05) is 0 Å². The van der Waals surface area contributed by atoms with Crippen molar-refractivity contribution in [2.24, 2.45) is 17.8 Å². The zero-order valence-electron chi connectivity index (χ0n) is 17.9. The van der Waals surface area contributed by atoms with Crippen molar-refractivity contribution in [2.75, 3.05) is 6.61 Å². The molecule has 0 aromatic rings. The predicted octanol–water partition coefficient (Wildman–Crippen LogP) is 8.09. The van der Waals surface area contributed by atoms with Crippen LogP contribution >= 0.6 is 0 Å². The molecule has 0 bridgehead atoms. The zero-order chi connectivity index (χ0) is 18.5. The first-order chi connectivity index (χ1) is 12.8. The minimum Gasteiger partial charge on any atom is -0.378 e. The molecule has 0 aromatic heterocycles. The maximum Gasteiger partial charge on any atom is 0.0575 e. The average Bonchev–Trinajstić information content (AvgIpc) is 2.69. The molecule has 2 fully saturated rings. The Morgan fingerprint density at radius 2 is 1.27 bits per heavy atom. The van der Waals surface area contributed by atoms with Gasteiger partial charge in [-0.1, -0.05) is 77.4 Å². The molecule has 0 atom stereocenters. The molecular formula is C25H46O. The van der Waals surface area contributed by atoms with E-state index in [1.54, 1.807) is 0 Å². The third kappa shape index (κ3) is 9.07.